The quantitative estimate of drug-likeness (QED) is 0.374. The number of carbonyl (C=O) groups excluding carboxylic acids is 2. The molecule has 0 bridgehead atoms. The summed E-state index contributed by atoms with van der Waals surface area (Å²) in [5, 5.41) is 12.7. The normalized spacial score (nSPS) is 17.1. The number of fused-ring (bicyclic) bond motifs is 1. The van der Waals surface area contributed by atoms with Gasteiger partial charge >= 0.3 is 0 Å². The van der Waals surface area contributed by atoms with Gasteiger partial charge in [0.2, 0.25) is 15.9 Å². The van der Waals surface area contributed by atoms with Crippen LogP contribution in [-0.2, 0) is 31.6 Å². The molecule has 2 amide bonds. The lowest BCUT2D eigenvalue weighted by Crippen LogP contribution is -2.40. The summed E-state index contributed by atoms with van der Waals surface area (Å²) in [4.78, 5) is 27.9. The molecule has 1 fully saturated rings. The average Bonchev–Trinajstić information content (AvgIpc) is 3.46. The fourth-order valence-electron chi connectivity index (χ4n) is 5.27. The Morgan fingerprint density at radius 2 is 1.74 bits per heavy atom. The van der Waals surface area contributed by atoms with Gasteiger partial charge in [0.15, 0.2) is 5.82 Å². The maximum atomic E-state index is 13.9. The third-order valence-corrected chi connectivity index (χ3v) is 9.67. The number of anilines is 3. The van der Waals surface area contributed by atoms with Gasteiger partial charge < -0.3 is 20.3 Å². The number of hydrogen-bond donors (Lipinski definition) is 3. The molecule has 0 radical (unpaired) electrons. The number of halogens is 2. The molecule has 5 rings (SSSR count). The summed E-state index contributed by atoms with van der Waals surface area (Å²) in [5.41, 5.74) is 0.935. The summed E-state index contributed by atoms with van der Waals surface area (Å²) < 4.78 is 61.1. The molecule has 3 heterocycles. The monoisotopic (exact) mass is 602 g/mol. The van der Waals surface area contributed by atoms with Crippen molar-refractivity contribution in [3.05, 3.63) is 64.9 Å². The van der Waals surface area contributed by atoms with E-state index in [0.717, 1.165) is 22.1 Å². The minimum atomic E-state index is -4.34. The Balaban J connectivity index is 1.42. The second kappa shape index (κ2) is 11.1. The van der Waals surface area contributed by atoms with Crippen LogP contribution in [0.5, 0.6) is 0 Å². The van der Waals surface area contributed by atoms with Crippen LogP contribution in [0.3, 0.4) is 0 Å². The number of aromatic amines is 1. The van der Waals surface area contributed by atoms with Crippen molar-refractivity contribution in [3.8, 4) is 0 Å². The number of nitrogens with zero attached hydrogens (tertiary/aromatic N) is 3. The minimum Gasteiger partial charge on any atom is -0.381 e. The molecule has 3 aromatic rings. The Hall–Kier alpha value is -3.88. The van der Waals surface area contributed by atoms with E-state index in [1.54, 1.807) is 32.0 Å². The summed E-state index contributed by atoms with van der Waals surface area (Å²) >= 11 is 0. The van der Waals surface area contributed by atoms with Gasteiger partial charge in [-0.3, -0.25) is 14.7 Å². The van der Waals surface area contributed by atoms with E-state index in [0.29, 0.717) is 49.1 Å². The van der Waals surface area contributed by atoms with E-state index in [1.807, 2.05) is 19.0 Å². The number of carbonyl (C=O) groups is 2. The lowest BCUT2D eigenvalue weighted by Gasteiger charge is -2.30. The molecule has 0 spiro atoms. The number of H-pyrrole nitrogens is 1. The Morgan fingerprint density at radius 1 is 1.07 bits per heavy atom. The van der Waals surface area contributed by atoms with E-state index >= 15 is 0 Å². The summed E-state index contributed by atoms with van der Waals surface area (Å²) in [6.07, 6.45) is 1.16. The van der Waals surface area contributed by atoms with Crippen LogP contribution >= 0.6 is 0 Å². The summed E-state index contributed by atoms with van der Waals surface area (Å²) in [7, 11) is -0.660. The highest BCUT2D eigenvalue weighted by molar-refractivity contribution is 7.89. The molecule has 2 aromatic carbocycles. The molecule has 0 atom stereocenters. The second-order valence-electron chi connectivity index (χ2n) is 11.1. The third kappa shape index (κ3) is 5.49. The Morgan fingerprint density at radius 3 is 2.38 bits per heavy atom. The first kappa shape index (κ1) is 29.6. The molecule has 0 aliphatic carbocycles. The van der Waals surface area contributed by atoms with E-state index in [4.69, 9.17) is 4.74 Å². The van der Waals surface area contributed by atoms with Gasteiger partial charge in [-0.15, -0.1) is 0 Å². The Kier molecular flexibility index (Phi) is 7.81. The number of ether oxygens (including phenoxy) is 1. The molecule has 224 valence electrons. The molecular formula is C28H32F2N6O5S. The molecule has 3 N–H and O–H groups in total. The number of hydrogen-bond acceptors (Lipinski definition) is 7. The van der Waals surface area contributed by atoms with Crippen LogP contribution in [0.2, 0.25) is 0 Å². The number of rotatable bonds is 7. The first-order chi connectivity index (χ1) is 19.8. The molecule has 0 unspecified atom stereocenters. The van der Waals surface area contributed by atoms with E-state index in [2.05, 4.69) is 20.8 Å². The highest BCUT2D eigenvalue weighted by Crippen LogP contribution is 2.44. The maximum Gasteiger partial charge on any atom is 0.258 e. The highest BCUT2D eigenvalue weighted by atomic mass is 32.2. The van der Waals surface area contributed by atoms with Crippen LogP contribution in [0, 0.1) is 17.6 Å². The van der Waals surface area contributed by atoms with Crippen molar-refractivity contribution in [3.63, 3.8) is 0 Å². The van der Waals surface area contributed by atoms with E-state index in [1.165, 1.54) is 0 Å². The summed E-state index contributed by atoms with van der Waals surface area (Å²) in [5.74, 6) is -2.94. The van der Waals surface area contributed by atoms with Gasteiger partial charge in [-0.25, -0.2) is 17.2 Å². The standard InChI is InChI=1S/C28H32F2N6O5S/c1-28(2)24-22(15-36(28)42(39,40)20-12-17(29)11-18(30)13-20)25(34-33-24)32-27(38)21-6-5-19(35(3)4)14-23(21)31-26(37)16-7-9-41-10-8-16/h5-6,11-14,16H,7-10,15H2,1-4H3,(H,31,37)(H2,32,33,34,38). The van der Waals surface area contributed by atoms with E-state index in [9.17, 15) is 26.8 Å². The number of aromatic nitrogens is 2. The molecule has 2 aliphatic rings. The number of sulfonamides is 1. The smallest absolute Gasteiger partial charge is 0.258 e. The molecule has 42 heavy (non-hydrogen) atoms. The van der Waals surface area contributed by atoms with Gasteiger partial charge in [-0.05, 0) is 57.0 Å². The molecule has 1 aromatic heterocycles. The zero-order valence-corrected chi connectivity index (χ0v) is 24.4. The average molecular weight is 603 g/mol. The van der Waals surface area contributed by atoms with Gasteiger partial charge in [0.25, 0.3) is 5.91 Å². The van der Waals surface area contributed by atoms with Crippen LogP contribution < -0.4 is 15.5 Å². The van der Waals surface area contributed by atoms with Crippen LogP contribution in [0.1, 0.15) is 48.3 Å². The first-order valence-corrected chi connectivity index (χ1v) is 14.8. The highest BCUT2D eigenvalue weighted by Gasteiger charge is 2.48. The first-order valence-electron chi connectivity index (χ1n) is 13.4. The van der Waals surface area contributed by atoms with Gasteiger partial charge in [-0.1, -0.05) is 0 Å². The molecule has 0 saturated carbocycles. The molecule has 1 saturated heterocycles. The second-order valence-corrected chi connectivity index (χ2v) is 12.9. The van der Waals surface area contributed by atoms with Crippen molar-refractivity contribution in [2.45, 2.75) is 43.7 Å². The van der Waals surface area contributed by atoms with E-state index in [-0.39, 0.29) is 29.8 Å². The van der Waals surface area contributed by atoms with Gasteiger partial charge in [0.1, 0.15) is 11.6 Å². The molecular weight excluding hydrogens is 570 g/mol. The lowest BCUT2D eigenvalue weighted by molar-refractivity contribution is -0.122. The SMILES string of the molecule is CN(C)c1ccc(C(=O)Nc2n[nH]c3c2CN(S(=O)(=O)c2cc(F)cc(F)c2)C3(C)C)c(NC(=O)C2CCOCC2)c1. The number of amides is 2. The van der Waals surface area contributed by atoms with Crippen LogP contribution in [0.4, 0.5) is 26.0 Å². The van der Waals surface area contributed by atoms with Crippen LogP contribution in [0.25, 0.3) is 0 Å². The summed E-state index contributed by atoms with van der Waals surface area (Å²) in [6, 6.07) is 7.15. The van der Waals surface area contributed by atoms with Crippen molar-refractivity contribution < 1.29 is 31.5 Å². The summed E-state index contributed by atoms with van der Waals surface area (Å²) in [6.45, 7) is 4.02. The van der Waals surface area contributed by atoms with Gasteiger partial charge in [0, 0.05) is 57.1 Å². The van der Waals surface area contributed by atoms with Crippen LogP contribution in [-0.4, -0.2) is 62.0 Å². The lowest BCUT2D eigenvalue weighted by atomic mass is 9.99. The fraction of sp³-hybridized carbons (Fsp3) is 0.393. The molecule has 2 aliphatic heterocycles. The largest absolute Gasteiger partial charge is 0.381 e. The topological polar surface area (TPSA) is 137 Å². The third-order valence-electron chi connectivity index (χ3n) is 7.67. The van der Waals surface area contributed by atoms with Crippen LogP contribution in [0.15, 0.2) is 41.3 Å². The van der Waals surface area contributed by atoms with Gasteiger partial charge in [0.05, 0.1) is 27.4 Å². The van der Waals surface area contributed by atoms with Gasteiger partial charge in [-0.2, -0.15) is 9.40 Å². The minimum absolute atomic E-state index is 0.101. The van der Waals surface area contributed by atoms with E-state index < -0.39 is 38.0 Å². The zero-order chi connectivity index (χ0) is 30.4. The van der Waals surface area contributed by atoms with Crippen molar-refractivity contribution in [1.82, 2.24) is 14.5 Å². The predicted molar refractivity (Wildman–Crippen MR) is 152 cm³/mol. The van der Waals surface area contributed by atoms with Crippen molar-refractivity contribution in [1.29, 1.82) is 0 Å². The molecule has 11 nitrogen and oxygen atoms in total. The van der Waals surface area contributed by atoms with Crippen molar-refractivity contribution in [2.24, 2.45) is 5.92 Å². The number of benzene rings is 2. The van der Waals surface area contributed by atoms with Crippen molar-refractivity contribution in [2.75, 3.05) is 42.8 Å². The van der Waals surface area contributed by atoms with Crippen molar-refractivity contribution >= 4 is 39.0 Å². The fourth-order valence-corrected chi connectivity index (χ4v) is 7.03. The molecule has 14 heteroatoms. The maximum absolute atomic E-state index is 13.9. The Bertz CT molecular complexity index is 1630. The zero-order valence-electron chi connectivity index (χ0n) is 23.6. The Labute approximate surface area is 242 Å². The number of nitrogens with one attached hydrogen (secondary N) is 3. The predicted octanol–water partition coefficient (Wildman–Crippen LogP) is 3.81.